The maximum atomic E-state index is 11.9. The SMILES string of the molecule is O=C1CCC2(I)c3[nH]c4ncccc4c3CCN12. The maximum Gasteiger partial charge on any atom is 0.224 e. The van der Waals surface area contributed by atoms with Crippen LogP contribution in [0.2, 0.25) is 0 Å². The van der Waals surface area contributed by atoms with Gasteiger partial charge in [-0.15, -0.1) is 0 Å². The third kappa shape index (κ3) is 1.20. The number of rotatable bonds is 0. The number of nitrogens with one attached hydrogen (secondary N) is 1. The lowest BCUT2D eigenvalue weighted by atomic mass is 9.98. The molecule has 1 atom stereocenters. The van der Waals surface area contributed by atoms with Crippen molar-refractivity contribution in [3.8, 4) is 0 Å². The standard InChI is InChI=1S/C13H12IN3O/c14-13-5-3-10(18)17(13)7-4-8-9-2-1-6-15-12(9)16-11(8)13/h1-2,6H,3-5,7H2,(H,15,16). The van der Waals surface area contributed by atoms with E-state index in [1.165, 1.54) is 16.6 Å². The number of fused-ring (bicyclic) bond motifs is 5. The van der Waals surface area contributed by atoms with Gasteiger partial charge in [-0.05, 0) is 53.1 Å². The molecule has 0 aliphatic carbocycles. The number of carbonyl (C=O) groups excluding carboxylic acids is 1. The highest BCUT2D eigenvalue weighted by Crippen LogP contribution is 2.49. The third-order valence-electron chi connectivity index (χ3n) is 4.05. The van der Waals surface area contributed by atoms with Crippen LogP contribution in [0.25, 0.3) is 11.0 Å². The lowest BCUT2D eigenvalue weighted by molar-refractivity contribution is -0.129. The normalized spacial score (nSPS) is 26.5. The second-order valence-electron chi connectivity index (χ2n) is 4.93. The molecule has 4 heterocycles. The molecule has 0 aromatic carbocycles. The second kappa shape index (κ2) is 3.46. The molecule has 18 heavy (non-hydrogen) atoms. The van der Waals surface area contributed by atoms with Crippen molar-refractivity contribution in [3.05, 3.63) is 29.6 Å². The van der Waals surface area contributed by atoms with E-state index in [4.69, 9.17) is 0 Å². The van der Waals surface area contributed by atoms with Crippen LogP contribution in [-0.4, -0.2) is 27.3 Å². The number of alkyl halides is 1. The van der Waals surface area contributed by atoms with Crippen LogP contribution < -0.4 is 0 Å². The van der Waals surface area contributed by atoms with Crippen LogP contribution >= 0.6 is 22.6 Å². The molecule has 0 radical (unpaired) electrons. The van der Waals surface area contributed by atoms with Gasteiger partial charge in [0.05, 0.1) is 5.69 Å². The predicted octanol–water partition coefficient (Wildman–Crippen LogP) is 2.33. The topological polar surface area (TPSA) is 49.0 Å². The quantitative estimate of drug-likeness (QED) is 0.449. The Bertz CT molecular complexity index is 665. The van der Waals surface area contributed by atoms with Gasteiger partial charge in [0.25, 0.3) is 0 Å². The smallest absolute Gasteiger partial charge is 0.224 e. The number of H-pyrrole nitrogens is 1. The Kier molecular flexibility index (Phi) is 2.07. The first-order valence-electron chi connectivity index (χ1n) is 6.15. The van der Waals surface area contributed by atoms with E-state index in [0.29, 0.717) is 6.42 Å². The lowest BCUT2D eigenvalue weighted by Crippen LogP contribution is -2.43. The van der Waals surface area contributed by atoms with Gasteiger partial charge in [0.2, 0.25) is 5.91 Å². The Morgan fingerprint density at radius 3 is 3.22 bits per heavy atom. The largest absolute Gasteiger partial charge is 0.340 e. The average Bonchev–Trinajstić information content (AvgIpc) is 2.89. The minimum atomic E-state index is -0.177. The van der Waals surface area contributed by atoms with Gasteiger partial charge in [-0.25, -0.2) is 4.98 Å². The number of aromatic nitrogens is 2. The summed E-state index contributed by atoms with van der Waals surface area (Å²) in [4.78, 5) is 21.8. The van der Waals surface area contributed by atoms with Gasteiger partial charge in [0.1, 0.15) is 9.19 Å². The van der Waals surface area contributed by atoms with Gasteiger partial charge in [0.15, 0.2) is 0 Å². The van der Waals surface area contributed by atoms with E-state index in [2.05, 4.69) is 38.6 Å². The zero-order valence-corrected chi connectivity index (χ0v) is 11.9. The number of hydrogen-bond donors (Lipinski definition) is 1. The first-order valence-corrected chi connectivity index (χ1v) is 7.23. The Balaban J connectivity index is 2.00. The summed E-state index contributed by atoms with van der Waals surface area (Å²) in [5.74, 6) is 0.279. The summed E-state index contributed by atoms with van der Waals surface area (Å²) in [6.45, 7) is 0.830. The number of hydrogen-bond acceptors (Lipinski definition) is 2. The molecule has 1 N–H and O–H groups in total. The molecule has 4 rings (SSSR count). The van der Waals surface area contributed by atoms with Crippen molar-refractivity contribution < 1.29 is 4.79 Å². The maximum absolute atomic E-state index is 11.9. The number of halogens is 1. The Morgan fingerprint density at radius 2 is 2.33 bits per heavy atom. The molecule has 92 valence electrons. The molecule has 4 nitrogen and oxygen atoms in total. The first-order chi connectivity index (χ1) is 8.70. The first kappa shape index (κ1) is 10.8. The molecule has 1 saturated heterocycles. The number of carbonyl (C=O) groups is 1. The van der Waals surface area contributed by atoms with Gasteiger partial charge in [-0.1, -0.05) is 0 Å². The monoisotopic (exact) mass is 353 g/mol. The zero-order chi connectivity index (χ0) is 12.3. The molecule has 2 aliphatic rings. The summed E-state index contributed by atoms with van der Waals surface area (Å²) in [6.07, 6.45) is 4.29. The Hall–Kier alpha value is -1.11. The van der Waals surface area contributed by atoms with Crippen LogP contribution in [0.4, 0.5) is 0 Å². The van der Waals surface area contributed by atoms with Crippen LogP contribution in [0.15, 0.2) is 18.3 Å². The third-order valence-corrected chi connectivity index (χ3v) is 5.71. The lowest BCUT2D eigenvalue weighted by Gasteiger charge is -2.37. The number of pyridine rings is 1. The Labute approximate surface area is 118 Å². The van der Waals surface area contributed by atoms with E-state index in [9.17, 15) is 4.79 Å². The van der Waals surface area contributed by atoms with E-state index in [-0.39, 0.29) is 9.45 Å². The molecule has 2 aliphatic heterocycles. The van der Waals surface area contributed by atoms with Crippen molar-refractivity contribution in [1.82, 2.24) is 14.9 Å². The van der Waals surface area contributed by atoms with Gasteiger partial charge >= 0.3 is 0 Å². The van der Waals surface area contributed by atoms with Gasteiger partial charge in [0, 0.05) is 24.5 Å². The van der Waals surface area contributed by atoms with Crippen molar-refractivity contribution in [3.63, 3.8) is 0 Å². The highest BCUT2D eigenvalue weighted by Gasteiger charge is 2.49. The molecule has 2 aromatic heterocycles. The van der Waals surface area contributed by atoms with E-state index in [0.717, 1.165) is 25.0 Å². The van der Waals surface area contributed by atoms with Crippen molar-refractivity contribution in [2.24, 2.45) is 0 Å². The molecule has 0 spiro atoms. The summed E-state index contributed by atoms with van der Waals surface area (Å²) < 4.78 is -0.177. The number of amides is 1. The Morgan fingerprint density at radius 1 is 1.44 bits per heavy atom. The van der Waals surface area contributed by atoms with Gasteiger partial charge in [-0.3, -0.25) is 4.79 Å². The zero-order valence-electron chi connectivity index (χ0n) is 9.74. The van der Waals surface area contributed by atoms with E-state index in [1.54, 1.807) is 0 Å². The second-order valence-corrected chi connectivity index (χ2v) is 6.72. The van der Waals surface area contributed by atoms with Crippen LogP contribution in [0, 0.1) is 0 Å². The molecule has 0 bridgehead atoms. The molecule has 2 aromatic rings. The number of nitrogens with zero attached hydrogens (tertiary/aromatic N) is 2. The highest BCUT2D eigenvalue weighted by atomic mass is 127. The summed E-state index contributed by atoms with van der Waals surface area (Å²) in [7, 11) is 0. The van der Waals surface area contributed by atoms with E-state index < -0.39 is 0 Å². The number of aromatic amines is 1. The van der Waals surface area contributed by atoms with Crippen LogP contribution in [0.3, 0.4) is 0 Å². The van der Waals surface area contributed by atoms with Crippen LogP contribution in [0.5, 0.6) is 0 Å². The summed E-state index contributed by atoms with van der Waals surface area (Å²) in [5.41, 5.74) is 3.48. The minimum absolute atomic E-state index is 0.177. The molecule has 1 fully saturated rings. The molecule has 1 unspecified atom stereocenters. The summed E-state index contributed by atoms with van der Waals surface area (Å²) in [6, 6.07) is 4.09. The minimum Gasteiger partial charge on any atom is -0.340 e. The molecule has 0 saturated carbocycles. The highest BCUT2D eigenvalue weighted by molar-refractivity contribution is 14.1. The summed E-state index contributed by atoms with van der Waals surface area (Å²) in [5, 5.41) is 1.21. The van der Waals surface area contributed by atoms with Crippen molar-refractivity contribution in [1.29, 1.82) is 0 Å². The van der Waals surface area contributed by atoms with E-state index >= 15 is 0 Å². The molecule has 5 heteroatoms. The summed E-state index contributed by atoms with van der Waals surface area (Å²) >= 11 is 2.43. The fraction of sp³-hybridized carbons (Fsp3) is 0.385. The van der Waals surface area contributed by atoms with Gasteiger partial charge < -0.3 is 9.88 Å². The predicted molar refractivity (Wildman–Crippen MR) is 76.4 cm³/mol. The van der Waals surface area contributed by atoms with Crippen LogP contribution in [-0.2, 0) is 14.8 Å². The van der Waals surface area contributed by atoms with Gasteiger partial charge in [-0.2, -0.15) is 0 Å². The van der Waals surface area contributed by atoms with Crippen molar-refractivity contribution in [2.45, 2.75) is 22.8 Å². The fourth-order valence-electron chi connectivity index (χ4n) is 3.19. The average molecular weight is 353 g/mol. The fourth-order valence-corrected chi connectivity index (χ4v) is 4.43. The molecular formula is C13H12IN3O. The molecular weight excluding hydrogens is 341 g/mol. The van der Waals surface area contributed by atoms with E-state index in [1.807, 2.05) is 17.2 Å². The van der Waals surface area contributed by atoms with Crippen LogP contribution in [0.1, 0.15) is 24.1 Å². The van der Waals surface area contributed by atoms with Crippen molar-refractivity contribution in [2.75, 3.05) is 6.54 Å². The molecule has 1 amide bonds. The van der Waals surface area contributed by atoms with Crippen molar-refractivity contribution >= 4 is 39.5 Å².